The van der Waals surface area contributed by atoms with Gasteiger partial charge in [-0.3, -0.25) is 9.59 Å². The third kappa shape index (κ3) is 2.45. The van der Waals surface area contributed by atoms with Gasteiger partial charge >= 0.3 is 0 Å². The van der Waals surface area contributed by atoms with E-state index in [1.807, 2.05) is 25.3 Å². The summed E-state index contributed by atoms with van der Waals surface area (Å²) in [7, 11) is 3.08. The number of amides is 1. The van der Waals surface area contributed by atoms with E-state index in [4.69, 9.17) is 9.47 Å². The van der Waals surface area contributed by atoms with Crippen molar-refractivity contribution in [1.29, 1.82) is 0 Å². The van der Waals surface area contributed by atoms with Crippen LogP contribution in [0.3, 0.4) is 0 Å². The summed E-state index contributed by atoms with van der Waals surface area (Å²) in [6.45, 7) is 8.99. The molecule has 6 nitrogen and oxygen atoms in total. The highest BCUT2D eigenvalue weighted by Gasteiger charge is 2.43. The molecule has 0 N–H and O–H groups in total. The first-order valence-corrected chi connectivity index (χ1v) is 8.20. The molecule has 1 aromatic rings. The summed E-state index contributed by atoms with van der Waals surface area (Å²) in [5.41, 5.74) is 1.60. The summed E-state index contributed by atoms with van der Waals surface area (Å²) in [6, 6.07) is 0.144. The van der Waals surface area contributed by atoms with Crippen LogP contribution in [0.2, 0.25) is 0 Å². The van der Waals surface area contributed by atoms with E-state index in [1.54, 1.807) is 18.9 Å². The first kappa shape index (κ1) is 17.5. The van der Waals surface area contributed by atoms with E-state index in [2.05, 4.69) is 0 Å². The Morgan fingerprint density at radius 2 is 1.87 bits per heavy atom. The fraction of sp³-hybridized carbons (Fsp3) is 0.647. The van der Waals surface area contributed by atoms with Gasteiger partial charge in [0.2, 0.25) is 5.43 Å². The molecule has 0 aromatic carbocycles. The number of carbonyl (C=O) groups is 1. The first-order chi connectivity index (χ1) is 11.0. The number of pyridine rings is 1. The molecule has 0 aliphatic carbocycles. The van der Waals surface area contributed by atoms with Gasteiger partial charge in [-0.2, -0.15) is 0 Å². The van der Waals surface area contributed by atoms with Crippen LogP contribution in [-0.2, 0) is 4.74 Å². The van der Waals surface area contributed by atoms with Crippen LogP contribution in [0.1, 0.15) is 61.1 Å². The van der Waals surface area contributed by atoms with E-state index in [1.165, 1.54) is 7.11 Å². The molecule has 0 saturated carbocycles. The molecule has 0 fully saturated rings. The summed E-state index contributed by atoms with van der Waals surface area (Å²) in [6.07, 6.45) is 0.637. The number of rotatable bonds is 3. The lowest BCUT2D eigenvalue weighted by Gasteiger charge is -2.34. The largest absolute Gasteiger partial charge is 0.491 e. The molecule has 0 spiro atoms. The zero-order valence-corrected chi connectivity index (χ0v) is 14.8. The number of nitrogens with zero attached hydrogens (tertiary/aromatic N) is 2. The highest BCUT2D eigenvalue weighted by molar-refractivity contribution is 5.96. The van der Waals surface area contributed by atoms with Crippen LogP contribution >= 0.6 is 0 Å². The van der Waals surface area contributed by atoms with Crippen molar-refractivity contribution in [3.63, 3.8) is 0 Å². The molecule has 1 aromatic heterocycles. The Morgan fingerprint density at radius 1 is 1.22 bits per heavy atom. The molecule has 0 saturated heterocycles. The molecule has 2 aliphatic rings. The van der Waals surface area contributed by atoms with E-state index >= 15 is 0 Å². The number of methoxy groups -OCH3 is 2. The fourth-order valence-electron chi connectivity index (χ4n) is 3.56. The molecule has 2 atom stereocenters. The van der Waals surface area contributed by atoms with Crippen LogP contribution in [0.4, 0.5) is 0 Å². The lowest BCUT2D eigenvalue weighted by atomic mass is 10.1. The van der Waals surface area contributed by atoms with Gasteiger partial charge in [0.25, 0.3) is 5.91 Å². The minimum atomic E-state index is -0.215. The SMILES string of the molecule is CC.CCN1CC2CC(OC)c3c(C)c(=O)c(OC)c(n32)C1=O. The van der Waals surface area contributed by atoms with Crippen LogP contribution in [-0.4, -0.2) is 42.7 Å². The molecule has 6 heteroatoms. The second kappa shape index (κ2) is 6.74. The van der Waals surface area contributed by atoms with Gasteiger partial charge in [0.1, 0.15) is 0 Å². The number of hydrogen-bond acceptors (Lipinski definition) is 4. The summed E-state index contributed by atoms with van der Waals surface area (Å²) < 4.78 is 12.8. The van der Waals surface area contributed by atoms with Gasteiger partial charge in [0.15, 0.2) is 11.4 Å². The van der Waals surface area contributed by atoms with Crippen LogP contribution < -0.4 is 10.2 Å². The lowest BCUT2D eigenvalue weighted by molar-refractivity contribution is 0.0652. The Hall–Kier alpha value is -1.82. The zero-order valence-electron chi connectivity index (χ0n) is 14.8. The third-order valence-corrected chi connectivity index (χ3v) is 4.59. The van der Waals surface area contributed by atoms with Gasteiger partial charge in [-0.25, -0.2) is 0 Å². The van der Waals surface area contributed by atoms with Crippen molar-refractivity contribution in [2.24, 2.45) is 0 Å². The van der Waals surface area contributed by atoms with Crippen molar-refractivity contribution < 1.29 is 14.3 Å². The van der Waals surface area contributed by atoms with Crippen molar-refractivity contribution in [1.82, 2.24) is 9.47 Å². The maximum absolute atomic E-state index is 12.7. The maximum Gasteiger partial charge on any atom is 0.274 e. The minimum absolute atomic E-state index is 0.138. The minimum Gasteiger partial charge on any atom is -0.491 e. The lowest BCUT2D eigenvalue weighted by Crippen LogP contribution is -2.43. The quantitative estimate of drug-likeness (QED) is 0.857. The Balaban J connectivity index is 0.000000924. The normalized spacial score (nSPS) is 21.7. The molecule has 0 radical (unpaired) electrons. The van der Waals surface area contributed by atoms with E-state index in [9.17, 15) is 9.59 Å². The van der Waals surface area contributed by atoms with Crippen molar-refractivity contribution in [2.45, 2.75) is 46.3 Å². The van der Waals surface area contributed by atoms with Crippen molar-refractivity contribution in [3.05, 3.63) is 27.2 Å². The Kier molecular flexibility index (Phi) is 5.14. The van der Waals surface area contributed by atoms with Gasteiger partial charge in [0, 0.05) is 32.2 Å². The highest BCUT2D eigenvalue weighted by atomic mass is 16.5. The molecule has 3 heterocycles. The van der Waals surface area contributed by atoms with E-state index in [0.29, 0.717) is 24.3 Å². The van der Waals surface area contributed by atoms with Gasteiger partial charge in [-0.15, -0.1) is 0 Å². The van der Waals surface area contributed by atoms with Crippen LogP contribution in [0.5, 0.6) is 5.75 Å². The van der Waals surface area contributed by atoms with Gasteiger partial charge in [-0.1, -0.05) is 13.8 Å². The van der Waals surface area contributed by atoms with Crippen molar-refractivity contribution in [3.8, 4) is 5.75 Å². The monoisotopic (exact) mass is 322 g/mol. The second-order valence-corrected chi connectivity index (χ2v) is 5.55. The summed E-state index contributed by atoms with van der Waals surface area (Å²) in [4.78, 5) is 26.9. The van der Waals surface area contributed by atoms with Crippen molar-refractivity contribution in [2.75, 3.05) is 27.3 Å². The average Bonchev–Trinajstić information content (AvgIpc) is 2.95. The predicted molar refractivity (Wildman–Crippen MR) is 88.3 cm³/mol. The van der Waals surface area contributed by atoms with Crippen LogP contribution in [0.25, 0.3) is 0 Å². The summed E-state index contributed by atoms with van der Waals surface area (Å²) in [5, 5.41) is 0. The second-order valence-electron chi connectivity index (χ2n) is 5.55. The number of carbonyl (C=O) groups excluding carboxylic acids is 1. The molecular weight excluding hydrogens is 296 g/mol. The smallest absolute Gasteiger partial charge is 0.274 e. The summed E-state index contributed by atoms with van der Waals surface area (Å²) >= 11 is 0. The number of hydrogen-bond donors (Lipinski definition) is 0. The summed E-state index contributed by atoms with van der Waals surface area (Å²) in [5.74, 6) is 0.0156. The fourth-order valence-corrected chi connectivity index (χ4v) is 3.56. The molecule has 128 valence electrons. The molecule has 23 heavy (non-hydrogen) atoms. The Morgan fingerprint density at radius 3 is 2.39 bits per heavy atom. The van der Waals surface area contributed by atoms with Gasteiger partial charge in [-0.05, 0) is 13.8 Å². The molecule has 3 rings (SSSR count). The van der Waals surface area contributed by atoms with Crippen LogP contribution in [0.15, 0.2) is 4.79 Å². The molecule has 0 bridgehead atoms. The average molecular weight is 322 g/mol. The zero-order chi connectivity index (χ0) is 17.3. The number of likely N-dealkylation sites (N-methyl/N-ethyl adjacent to an activating group) is 1. The molecule has 1 amide bonds. The predicted octanol–water partition coefficient (Wildman–Crippen LogP) is 2.30. The topological polar surface area (TPSA) is 60.8 Å². The standard InChI is InChI=1S/C15H20N2O4.C2H6/c1-5-16-7-9-6-10(20-3)11-8(2)13(18)14(21-4)12(15(16)19)17(9)11;1-2/h9-10H,5-7H2,1-4H3;1-2H3. The number of aromatic nitrogens is 1. The highest BCUT2D eigenvalue weighted by Crippen LogP contribution is 2.43. The maximum atomic E-state index is 12.7. The molecule has 2 unspecified atom stereocenters. The van der Waals surface area contributed by atoms with E-state index in [-0.39, 0.29) is 29.2 Å². The Bertz CT molecular complexity index is 666. The van der Waals surface area contributed by atoms with Gasteiger partial charge < -0.3 is 18.9 Å². The molecule has 2 aliphatic heterocycles. The third-order valence-electron chi connectivity index (χ3n) is 4.59. The molecular formula is C17H26N2O4. The van der Waals surface area contributed by atoms with Crippen molar-refractivity contribution >= 4 is 5.91 Å². The Labute approximate surface area is 137 Å². The first-order valence-electron chi connectivity index (χ1n) is 8.20. The van der Waals surface area contributed by atoms with E-state index in [0.717, 1.165) is 12.1 Å². The number of ether oxygens (including phenoxy) is 2. The van der Waals surface area contributed by atoms with Gasteiger partial charge in [0.05, 0.1) is 24.9 Å². The van der Waals surface area contributed by atoms with Crippen LogP contribution in [0, 0.1) is 6.92 Å². The van der Waals surface area contributed by atoms with E-state index < -0.39 is 0 Å².